The lowest BCUT2D eigenvalue weighted by Gasteiger charge is -2.22. The highest BCUT2D eigenvalue weighted by molar-refractivity contribution is 9.10. The van der Waals surface area contributed by atoms with Gasteiger partial charge in [-0.15, -0.1) is 0 Å². The van der Waals surface area contributed by atoms with Crippen molar-refractivity contribution in [3.8, 4) is 23.0 Å². The Morgan fingerprint density at radius 3 is 2.46 bits per heavy atom. The number of aryl methyl sites for hydroxylation is 1. The van der Waals surface area contributed by atoms with Crippen LogP contribution in [-0.4, -0.2) is 33.3 Å². The molecular formula is C21H24BrNO5. The maximum Gasteiger partial charge on any atom is 0.220 e. The largest absolute Gasteiger partial charge is 0.493 e. The van der Waals surface area contributed by atoms with Crippen molar-refractivity contribution in [1.82, 2.24) is 5.32 Å². The molecule has 2 aromatic carbocycles. The van der Waals surface area contributed by atoms with Crippen molar-refractivity contribution in [1.29, 1.82) is 0 Å². The molecule has 1 aliphatic heterocycles. The molecule has 0 saturated carbocycles. The van der Waals surface area contributed by atoms with Gasteiger partial charge in [0.1, 0.15) is 13.2 Å². The maximum atomic E-state index is 12.4. The number of ether oxygens (including phenoxy) is 4. The van der Waals surface area contributed by atoms with Crippen LogP contribution in [0.5, 0.6) is 23.0 Å². The standard InChI is InChI=1S/C21H24BrNO5/c1-13(15-11-19-20(12-16(15)22)28-9-8-27-19)23-21(24)7-5-14-4-6-17(25-2)18(10-14)26-3/h4,6,10-13H,5,7-9H2,1-3H3,(H,23,24). The summed E-state index contributed by atoms with van der Waals surface area (Å²) in [5.41, 5.74) is 1.96. The molecule has 2 aromatic rings. The van der Waals surface area contributed by atoms with Crippen LogP contribution in [0.2, 0.25) is 0 Å². The van der Waals surface area contributed by atoms with Gasteiger partial charge in [0.05, 0.1) is 20.3 Å². The zero-order valence-electron chi connectivity index (χ0n) is 16.2. The summed E-state index contributed by atoms with van der Waals surface area (Å²) in [5, 5.41) is 3.04. The molecule has 3 rings (SSSR count). The molecule has 0 aromatic heterocycles. The first-order valence-corrected chi connectivity index (χ1v) is 9.90. The Morgan fingerprint density at radius 1 is 1.11 bits per heavy atom. The Morgan fingerprint density at radius 2 is 1.79 bits per heavy atom. The van der Waals surface area contributed by atoms with E-state index in [9.17, 15) is 4.79 Å². The lowest BCUT2D eigenvalue weighted by Crippen LogP contribution is -2.27. The lowest BCUT2D eigenvalue weighted by atomic mass is 10.1. The van der Waals surface area contributed by atoms with Gasteiger partial charge >= 0.3 is 0 Å². The van der Waals surface area contributed by atoms with Crippen molar-refractivity contribution in [3.05, 3.63) is 45.9 Å². The van der Waals surface area contributed by atoms with Gasteiger partial charge in [-0.2, -0.15) is 0 Å². The van der Waals surface area contributed by atoms with Crippen molar-refractivity contribution < 1.29 is 23.7 Å². The van der Waals surface area contributed by atoms with Gasteiger partial charge in [0.25, 0.3) is 0 Å². The highest BCUT2D eigenvalue weighted by atomic mass is 79.9. The van der Waals surface area contributed by atoms with E-state index in [1.807, 2.05) is 37.3 Å². The van der Waals surface area contributed by atoms with Gasteiger partial charge in [-0.25, -0.2) is 0 Å². The van der Waals surface area contributed by atoms with Crippen LogP contribution >= 0.6 is 15.9 Å². The molecule has 0 spiro atoms. The fraction of sp³-hybridized carbons (Fsp3) is 0.381. The Labute approximate surface area is 173 Å². The first kappa shape index (κ1) is 20.3. The van der Waals surface area contributed by atoms with Gasteiger partial charge in [0.2, 0.25) is 5.91 Å². The molecule has 0 aliphatic carbocycles. The number of benzene rings is 2. The first-order chi connectivity index (χ1) is 13.5. The number of nitrogens with one attached hydrogen (secondary N) is 1. The SMILES string of the molecule is COc1ccc(CCC(=O)NC(C)c2cc3c(cc2Br)OCCO3)cc1OC. The van der Waals surface area contributed by atoms with Crippen LogP contribution in [0.4, 0.5) is 0 Å². The van der Waals surface area contributed by atoms with Gasteiger partial charge in [-0.1, -0.05) is 22.0 Å². The summed E-state index contributed by atoms with van der Waals surface area (Å²) in [7, 11) is 3.20. The molecule has 150 valence electrons. The van der Waals surface area contributed by atoms with E-state index >= 15 is 0 Å². The molecular weight excluding hydrogens is 426 g/mol. The van der Waals surface area contributed by atoms with Crippen LogP contribution in [0.3, 0.4) is 0 Å². The molecule has 1 amide bonds. The molecule has 1 atom stereocenters. The van der Waals surface area contributed by atoms with Gasteiger partial charge in [0.15, 0.2) is 23.0 Å². The van der Waals surface area contributed by atoms with Crippen molar-refractivity contribution >= 4 is 21.8 Å². The maximum absolute atomic E-state index is 12.4. The number of hydrogen-bond acceptors (Lipinski definition) is 5. The summed E-state index contributed by atoms with van der Waals surface area (Å²) in [6.07, 6.45) is 0.989. The van der Waals surface area contributed by atoms with E-state index in [-0.39, 0.29) is 11.9 Å². The second-order valence-corrected chi connectivity index (χ2v) is 7.35. The number of carbonyl (C=O) groups excluding carboxylic acids is 1. The third-order valence-electron chi connectivity index (χ3n) is 4.59. The molecule has 7 heteroatoms. The Kier molecular flexibility index (Phi) is 6.67. The minimum absolute atomic E-state index is 0.0240. The number of rotatable bonds is 7. The van der Waals surface area contributed by atoms with Gasteiger partial charge in [-0.05, 0) is 48.7 Å². The molecule has 1 unspecified atom stereocenters. The predicted octanol–water partition coefficient (Wildman–Crippen LogP) is 4.05. The summed E-state index contributed by atoms with van der Waals surface area (Å²) < 4.78 is 22.7. The molecule has 6 nitrogen and oxygen atoms in total. The quantitative estimate of drug-likeness (QED) is 0.690. The number of amides is 1. The van der Waals surface area contributed by atoms with Crippen molar-refractivity contribution in [2.45, 2.75) is 25.8 Å². The van der Waals surface area contributed by atoms with Crippen molar-refractivity contribution in [2.24, 2.45) is 0 Å². The third kappa shape index (κ3) is 4.70. The summed E-state index contributed by atoms with van der Waals surface area (Å²) in [5.74, 6) is 2.73. The van der Waals surface area contributed by atoms with Crippen LogP contribution < -0.4 is 24.3 Å². The molecule has 0 fully saturated rings. The van der Waals surface area contributed by atoms with Gasteiger partial charge in [-0.3, -0.25) is 4.79 Å². The van der Waals surface area contributed by atoms with E-state index in [0.717, 1.165) is 15.6 Å². The van der Waals surface area contributed by atoms with Crippen LogP contribution in [0.25, 0.3) is 0 Å². The summed E-state index contributed by atoms with van der Waals surface area (Å²) in [4.78, 5) is 12.4. The number of hydrogen-bond donors (Lipinski definition) is 1. The van der Waals surface area contributed by atoms with Crippen LogP contribution in [-0.2, 0) is 11.2 Å². The van der Waals surface area contributed by atoms with E-state index in [4.69, 9.17) is 18.9 Å². The minimum atomic E-state index is -0.164. The smallest absolute Gasteiger partial charge is 0.220 e. The second-order valence-electron chi connectivity index (χ2n) is 6.50. The molecule has 1 heterocycles. The van der Waals surface area contributed by atoms with Crippen molar-refractivity contribution in [2.75, 3.05) is 27.4 Å². The highest BCUT2D eigenvalue weighted by Gasteiger charge is 2.19. The summed E-state index contributed by atoms with van der Waals surface area (Å²) in [6, 6.07) is 9.32. The van der Waals surface area contributed by atoms with E-state index in [1.165, 1.54) is 0 Å². The zero-order valence-corrected chi connectivity index (χ0v) is 17.8. The summed E-state index contributed by atoms with van der Waals surface area (Å²) >= 11 is 3.56. The van der Waals surface area contributed by atoms with Gasteiger partial charge < -0.3 is 24.3 Å². The van der Waals surface area contributed by atoms with E-state index in [0.29, 0.717) is 49.1 Å². The lowest BCUT2D eigenvalue weighted by molar-refractivity contribution is -0.121. The Balaban J connectivity index is 1.60. The number of carbonyl (C=O) groups is 1. The topological polar surface area (TPSA) is 66.0 Å². The monoisotopic (exact) mass is 449 g/mol. The molecule has 0 saturated heterocycles. The molecule has 28 heavy (non-hydrogen) atoms. The van der Waals surface area contributed by atoms with Crippen LogP contribution in [0.1, 0.15) is 30.5 Å². The average molecular weight is 450 g/mol. The third-order valence-corrected chi connectivity index (χ3v) is 5.28. The van der Waals surface area contributed by atoms with Crippen LogP contribution in [0.15, 0.2) is 34.8 Å². The number of halogens is 1. The van der Waals surface area contributed by atoms with Crippen molar-refractivity contribution in [3.63, 3.8) is 0 Å². The van der Waals surface area contributed by atoms with E-state index in [1.54, 1.807) is 14.2 Å². The summed E-state index contributed by atoms with van der Waals surface area (Å²) in [6.45, 7) is 3.02. The highest BCUT2D eigenvalue weighted by Crippen LogP contribution is 2.37. The normalized spacial score (nSPS) is 13.6. The average Bonchev–Trinajstić information content (AvgIpc) is 2.71. The minimum Gasteiger partial charge on any atom is -0.493 e. The molecule has 0 radical (unpaired) electrons. The zero-order chi connectivity index (χ0) is 20.1. The Hall–Kier alpha value is -2.41. The first-order valence-electron chi connectivity index (χ1n) is 9.11. The predicted molar refractivity (Wildman–Crippen MR) is 110 cm³/mol. The fourth-order valence-electron chi connectivity index (χ4n) is 3.10. The van der Waals surface area contributed by atoms with Gasteiger partial charge in [0, 0.05) is 10.9 Å². The van der Waals surface area contributed by atoms with E-state index < -0.39 is 0 Å². The van der Waals surface area contributed by atoms with Crippen LogP contribution in [0, 0.1) is 0 Å². The molecule has 0 bridgehead atoms. The Bertz CT molecular complexity index is 855. The van der Waals surface area contributed by atoms with E-state index in [2.05, 4.69) is 21.2 Å². The second kappa shape index (κ2) is 9.19. The number of fused-ring (bicyclic) bond motifs is 1. The molecule has 1 aliphatic rings. The fourth-order valence-corrected chi connectivity index (χ4v) is 3.76. The number of methoxy groups -OCH3 is 2. The molecule has 1 N–H and O–H groups in total.